The Morgan fingerprint density at radius 1 is 0.760 bits per heavy atom. The maximum absolute atomic E-state index is 12.1. The standard InChI is InChI=1S/C19H19Cl2NO2.ClH/c1-22(12-10-18(23)14-2-6-16(20)7-3-14)13-11-19(24)15-4-8-17(21)9-5-15;/h2-9H,10-13H2,1H3;1H. The summed E-state index contributed by atoms with van der Waals surface area (Å²) in [6, 6.07) is 13.8. The molecular formula is C19H20Cl3NO2. The average molecular weight is 401 g/mol. The van der Waals surface area contributed by atoms with Crippen LogP contribution in [0.1, 0.15) is 33.6 Å². The van der Waals surface area contributed by atoms with Gasteiger partial charge in [0.2, 0.25) is 0 Å². The molecule has 0 amide bonds. The summed E-state index contributed by atoms with van der Waals surface area (Å²) >= 11 is 11.6. The number of halogens is 3. The number of rotatable bonds is 8. The summed E-state index contributed by atoms with van der Waals surface area (Å²) in [5.41, 5.74) is 1.34. The topological polar surface area (TPSA) is 38.6 Å². The van der Waals surface area contributed by atoms with Crippen molar-refractivity contribution >= 4 is 34.8 Å². The van der Waals surface area contributed by atoms with E-state index in [1.54, 1.807) is 48.5 Å². The van der Waals surface area contributed by atoms with Crippen LogP contribution in [0.25, 0.3) is 0 Å². The third kappa shape index (κ3) is 7.17. The fourth-order valence-electron chi connectivity index (χ4n) is 2.34. The summed E-state index contributed by atoms with van der Waals surface area (Å²) in [7, 11) is 1.99. The van der Waals surface area contributed by atoms with Crippen LogP contribution >= 0.6 is 23.2 Å². The molecule has 1 N–H and O–H groups in total. The Labute approximate surface area is 164 Å². The Kier molecular flexibility index (Phi) is 9.15. The molecule has 0 spiro atoms. The third-order valence-corrected chi connectivity index (χ3v) is 4.39. The second-order valence-electron chi connectivity index (χ2n) is 5.82. The Morgan fingerprint density at radius 3 is 1.40 bits per heavy atom. The number of Topliss-reactive ketones (excluding diaryl/α,β-unsaturated/α-hetero) is 2. The first-order chi connectivity index (χ1) is 11.5. The molecule has 0 aliphatic carbocycles. The molecule has 0 saturated carbocycles. The molecule has 134 valence electrons. The molecule has 0 radical (unpaired) electrons. The van der Waals surface area contributed by atoms with Crippen molar-refractivity contribution < 1.29 is 26.9 Å². The molecule has 0 aliphatic heterocycles. The molecule has 0 atom stereocenters. The minimum atomic E-state index is 0. The summed E-state index contributed by atoms with van der Waals surface area (Å²) in [5, 5.41) is 1.24. The lowest BCUT2D eigenvalue weighted by molar-refractivity contribution is -0.878. The van der Waals surface area contributed by atoms with Gasteiger partial charge in [0.25, 0.3) is 0 Å². The monoisotopic (exact) mass is 399 g/mol. The summed E-state index contributed by atoms with van der Waals surface area (Å²) in [6.45, 7) is 1.38. The van der Waals surface area contributed by atoms with E-state index >= 15 is 0 Å². The van der Waals surface area contributed by atoms with E-state index in [1.165, 1.54) is 0 Å². The minimum Gasteiger partial charge on any atom is -1.00 e. The summed E-state index contributed by atoms with van der Waals surface area (Å²) in [4.78, 5) is 25.4. The molecular weight excluding hydrogens is 381 g/mol. The second kappa shape index (κ2) is 10.6. The molecule has 2 aromatic rings. The third-order valence-electron chi connectivity index (χ3n) is 3.89. The predicted octanol–water partition coefficient (Wildman–Crippen LogP) is 0.358. The van der Waals surface area contributed by atoms with Crippen LogP contribution in [0.2, 0.25) is 10.0 Å². The number of hydrogen-bond donors (Lipinski definition) is 1. The molecule has 0 fully saturated rings. The largest absolute Gasteiger partial charge is 1.00 e. The van der Waals surface area contributed by atoms with E-state index in [1.807, 2.05) is 7.05 Å². The van der Waals surface area contributed by atoms with Crippen LogP contribution in [0.3, 0.4) is 0 Å². The number of benzene rings is 2. The van der Waals surface area contributed by atoms with E-state index in [4.69, 9.17) is 23.2 Å². The number of carbonyl (C=O) groups is 2. The highest BCUT2D eigenvalue weighted by atomic mass is 35.5. The van der Waals surface area contributed by atoms with E-state index in [-0.39, 0.29) is 24.0 Å². The van der Waals surface area contributed by atoms with Crippen molar-refractivity contribution in [2.24, 2.45) is 0 Å². The van der Waals surface area contributed by atoms with Crippen LogP contribution in [0.15, 0.2) is 48.5 Å². The number of carbonyl (C=O) groups excluding carboxylic acids is 2. The minimum absolute atomic E-state index is 0. The van der Waals surface area contributed by atoms with Gasteiger partial charge in [-0.2, -0.15) is 0 Å². The SMILES string of the molecule is C[NH+](CCC(=O)c1ccc(Cl)cc1)CCC(=O)c1ccc(Cl)cc1.[Cl-]. The van der Waals surface area contributed by atoms with Crippen molar-refractivity contribution in [1.82, 2.24) is 0 Å². The summed E-state index contributed by atoms with van der Waals surface area (Å²) < 4.78 is 0. The first-order valence-corrected chi connectivity index (χ1v) is 8.60. The normalized spacial score (nSPS) is 10.4. The maximum Gasteiger partial charge on any atom is 0.168 e. The Balaban J connectivity index is 0.00000312. The van der Waals surface area contributed by atoms with E-state index < -0.39 is 0 Å². The van der Waals surface area contributed by atoms with Crippen molar-refractivity contribution in [1.29, 1.82) is 0 Å². The van der Waals surface area contributed by atoms with Gasteiger partial charge in [0, 0.05) is 21.2 Å². The van der Waals surface area contributed by atoms with Crippen molar-refractivity contribution in [3.63, 3.8) is 0 Å². The summed E-state index contributed by atoms with van der Waals surface area (Å²) in [5.74, 6) is 0.185. The van der Waals surface area contributed by atoms with Gasteiger partial charge >= 0.3 is 0 Å². The molecule has 0 aromatic heterocycles. The first-order valence-electron chi connectivity index (χ1n) is 7.84. The zero-order chi connectivity index (χ0) is 17.5. The quantitative estimate of drug-likeness (QED) is 0.650. The van der Waals surface area contributed by atoms with E-state index in [0.717, 1.165) is 4.90 Å². The molecule has 2 aromatic carbocycles. The van der Waals surface area contributed by atoms with Crippen LogP contribution in [-0.2, 0) is 0 Å². The molecule has 0 bridgehead atoms. The van der Waals surface area contributed by atoms with E-state index in [2.05, 4.69) is 0 Å². The molecule has 0 saturated heterocycles. The van der Waals surface area contributed by atoms with E-state index in [9.17, 15) is 9.59 Å². The fraction of sp³-hybridized carbons (Fsp3) is 0.263. The highest BCUT2D eigenvalue weighted by Crippen LogP contribution is 2.11. The van der Waals surface area contributed by atoms with Crippen LogP contribution in [0.5, 0.6) is 0 Å². The van der Waals surface area contributed by atoms with Crippen LogP contribution in [0.4, 0.5) is 0 Å². The van der Waals surface area contributed by atoms with Gasteiger partial charge in [-0.15, -0.1) is 0 Å². The number of ketones is 2. The lowest BCUT2D eigenvalue weighted by atomic mass is 10.1. The molecule has 3 nitrogen and oxygen atoms in total. The van der Waals surface area contributed by atoms with Gasteiger partial charge in [-0.05, 0) is 48.5 Å². The van der Waals surface area contributed by atoms with Gasteiger partial charge < -0.3 is 17.3 Å². The number of quaternary nitrogens is 1. The lowest BCUT2D eigenvalue weighted by Crippen LogP contribution is -3.09. The fourth-order valence-corrected chi connectivity index (χ4v) is 2.59. The van der Waals surface area contributed by atoms with Crippen molar-refractivity contribution in [2.75, 3.05) is 20.1 Å². The van der Waals surface area contributed by atoms with Gasteiger partial charge in [-0.3, -0.25) is 9.59 Å². The Hall–Kier alpha value is -1.39. The van der Waals surface area contributed by atoms with Gasteiger partial charge in [-0.1, -0.05) is 23.2 Å². The molecule has 0 aliphatic rings. The maximum atomic E-state index is 12.1. The predicted molar refractivity (Wildman–Crippen MR) is 97.4 cm³/mol. The molecule has 0 heterocycles. The van der Waals surface area contributed by atoms with Gasteiger partial charge in [0.05, 0.1) is 33.0 Å². The van der Waals surface area contributed by atoms with Crippen LogP contribution in [-0.4, -0.2) is 31.7 Å². The van der Waals surface area contributed by atoms with Crippen LogP contribution in [0, 0.1) is 0 Å². The number of hydrogen-bond acceptors (Lipinski definition) is 2. The van der Waals surface area contributed by atoms with Crippen molar-refractivity contribution in [3.05, 3.63) is 69.7 Å². The zero-order valence-corrected chi connectivity index (χ0v) is 16.2. The Morgan fingerprint density at radius 2 is 1.08 bits per heavy atom. The van der Waals surface area contributed by atoms with Crippen molar-refractivity contribution in [3.8, 4) is 0 Å². The molecule has 25 heavy (non-hydrogen) atoms. The van der Waals surface area contributed by atoms with Crippen molar-refractivity contribution in [2.45, 2.75) is 12.8 Å². The molecule has 0 unspecified atom stereocenters. The van der Waals surface area contributed by atoms with Crippen LogP contribution < -0.4 is 17.3 Å². The summed E-state index contributed by atoms with van der Waals surface area (Å²) in [6.07, 6.45) is 0.894. The van der Waals surface area contributed by atoms with Gasteiger partial charge in [0.15, 0.2) is 11.6 Å². The zero-order valence-electron chi connectivity index (χ0n) is 13.9. The highest BCUT2D eigenvalue weighted by Gasteiger charge is 2.12. The Bertz CT molecular complexity index is 638. The molecule has 2 rings (SSSR count). The molecule has 6 heteroatoms. The van der Waals surface area contributed by atoms with E-state index in [0.29, 0.717) is 47.1 Å². The second-order valence-corrected chi connectivity index (χ2v) is 6.69. The lowest BCUT2D eigenvalue weighted by Gasteiger charge is -2.13. The van der Waals surface area contributed by atoms with Gasteiger partial charge in [0.1, 0.15) is 0 Å². The average Bonchev–Trinajstić information content (AvgIpc) is 2.58. The highest BCUT2D eigenvalue weighted by molar-refractivity contribution is 6.31. The smallest absolute Gasteiger partial charge is 0.168 e. The van der Waals surface area contributed by atoms with Gasteiger partial charge in [-0.25, -0.2) is 0 Å². The number of nitrogens with one attached hydrogen (secondary N) is 1. The first kappa shape index (κ1) is 21.7.